The van der Waals surface area contributed by atoms with E-state index in [1.807, 2.05) is 13.0 Å². The molecule has 0 spiro atoms. The zero-order chi connectivity index (χ0) is 17.8. The van der Waals surface area contributed by atoms with Gasteiger partial charge < -0.3 is 10.6 Å². The van der Waals surface area contributed by atoms with Gasteiger partial charge in [0.1, 0.15) is 5.82 Å². The molecule has 1 heterocycles. The molecule has 0 aliphatic rings. The van der Waals surface area contributed by atoms with Gasteiger partial charge in [0, 0.05) is 16.4 Å². The predicted octanol–water partition coefficient (Wildman–Crippen LogP) is 4.57. The Balaban J connectivity index is 1.68. The van der Waals surface area contributed by atoms with Crippen molar-refractivity contribution in [2.45, 2.75) is 6.92 Å². The zero-order valence-corrected chi connectivity index (χ0v) is 14.0. The Labute approximate surface area is 148 Å². The van der Waals surface area contributed by atoms with Crippen molar-refractivity contribution in [3.63, 3.8) is 0 Å². The maximum atomic E-state index is 13.2. The summed E-state index contributed by atoms with van der Waals surface area (Å²) in [6, 6.07) is 14.3. The first kappa shape index (κ1) is 16.9. The van der Waals surface area contributed by atoms with Gasteiger partial charge in [-0.25, -0.2) is 4.39 Å². The summed E-state index contributed by atoms with van der Waals surface area (Å²) in [7, 11) is 0. The fourth-order valence-corrected chi connectivity index (χ4v) is 2.28. The number of carbonyl (C=O) groups is 1. The Hall–Kier alpha value is -2.99. The summed E-state index contributed by atoms with van der Waals surface area (Å²) in [6.45, 7) is 1.88. The van der Waals surface area contributed by atoms with Crippen molar-refractivity contribution < 1.29 is 9.18 Å². The molecule has 3 rings (SSSR count). The summed E-state index contributed by atoms with van der Waals surface area (Å²) >= 11 is 6.04. The highest BCUT2D eigenvalue weighted by atomic mass is 35.5. The number of aryl methyl sites for hydroxylation is 1. The number of hydrogen-bond acceptors (Lipinski definition) is 4. The topological polar surface area (TPSA) is 66.9 Å². The van der Waals surface area contributed by atoms with Crippen molar-refractivity contribution in [1.29, 1.82) is 0 Å². The number of halogens is 2. The third-order valence-corrected chi connectivity index (χ3v) is 3.83. The van der Waals surface area contributed by atoms with Gasteiger partial charge in [0.05, 0.1) is 0 Å². The largest absolute Gasteiger partial charge is 0.339 e. The maximum absolute atomic E-state index is 13.2. The van der Waals surface area contributed by atoms with Crippen LogP contribution in [-0.4, -0.2) is 16.1 Å². The van der Waals surface area contributed by atoms with Gasteiger partial charge in [-0.15, -0.1) is 10.2 Å². The normalized spacial score (nSPS) is 10.4. The molecule has 2 N–H and O–H groups in total. The van der Waals surface area contributed by atoms with Crippen molar-refractivity contribution in [3.05, 3.63) is 76.7 Å². The molecule has 1 amide bonds. The lowest BCUT2D eigenvalue weighted by molar-refractivity contribution is 0.102. The van der Waals surface area contributed by atoms with Gasteiger partial charge in [-0.05, 0) is 55.0 Å². The van der Waals surface area contributed by atoms with Gasteiger partial charge in [-0.3, -0.25) is 4.79 Å². The Morgan fingerprint density at radius 1 is 1.04 bits per heavy atom. The van der Waals surface area contributed by atoms with Crippen LogP contribution < -0.4 is 10.6 Å². The van der Waals surface area contributed by atoms with Gasteiger partial charge >= 0.3 is 0 Å². The van der Waals surface area contributed by atoms with E-state index in [9.17, 15) is 9.18 Å². The molecule has 0 radical (unpaired) electrons. The van der Waals surface area contributed by atoms with E-state index in [-0.39, 0.29) is 11.5 Å². The van der Waals surface area contributed by atoms with E-state index < -0.39 is 5.91 Å². The van der Waals surface area contributed by atoms with E-state index >= 15 is 0 Å². The third kappa shape index (κ3) is 4.30. The van der Waals surface area contributed by atoms with Crippen LogP contribution in [-0.2, 0) is 0 Å². The van der Waals surface area contributed by atoms with E-state index in [1.165, 1.54) is 18.2 Å². The molecule has 0 unspecified atom stereocenters. The highest BCUT2D eigenvalue weighted by Crippen LogP contribution is 2.20. The highest BCUT2D eigenvalue weighted by Gasteiger charge is 2.10. The Morgan fingerprint density at radius 2 is 1.88 bits per heavy atom. The molecule has 0 aliphatic carbocycles. The summed E-state index contributed by atoms with van der Waals surface area (Å²) in [6.07, 6.45) is 0. The van der Waals surface area contributed by atoms with Crippen LogP contribution in [0, 0.1) is 12.7 Å². The van der Waals surface area contributed by atoms with Gasteiger partial charge in [-0.2, -0.15) is 0 Å². The van der Waals surface area contributed by atoms with Crippen LogP contribution in [0.15, 0.2) is 54.6 Å². The number of hydrogen-bond donors (Lipinski definition) is 2. The molecule has 3 aromatic rings. The summed E-state index contributed by atoms with van der Waals surface area (Å²) < 4.78 is 13.2. The number of rotatable bonds is 4. The van der Waals surface area contributed by atoms with Gasteiger partial charge in [0.2, 0.25) is 0 Å². The van der Waals surface area contributed by atoms with E-state index in [4.69, 9.17) is 11.6 Å². The predicted molar refractivity (Wildman–Crippen MR) is 95.9 cm³/mol. The number of anilines is 3. The Bertz CT molecular complexity index is 915. The fraction of sp³-hybridized carbons (Fsp3) is 0.0556. The smallest absolute Gasteiger partial charge is 0.276 e. The lowest BCUT2D eigenvalue weighted by Crippen LogP contribution is -2.14. The van der Waals surface area contributed by atoms with E-state index in [2.05, 4.69) is 20.8 Å². The summed E-state index contributed by atoms with van der Waals surface area (Å²) in [5, 5.41) is 14.0. The van der Waals surface area contributed by atoms with Crippen molar-refractivity contribution in [3.8, 4) is 0 Å². The second-order valence-corrected chi connectivity index (χ2v) is 5.76. The van der Waals surface area contributed by atoms with Crippen molar-refractivity contribution in [2.75, 3.05) is 10.6 Å². The molecule has 0 atom stereocenters. The van der Waals surface area contributed by atoms with Crippen molar-refractivity contribution in [1.82, 2.24) is 10.2 Å². The second-order valence-electron chi connectivity index (χ2n) is 5.36. The highest BCUT2D eigenvalue weighted by molar-refractivity contribution is 6.31. The molecular weight excluding hydrogens is 343 g/mol. The maximum Gasteiger partial charge on any atom is 0.276 e. The first-order valence-electron chi connectivity index (χ1n) is 7.45. The molecule has 2 aromatic carbocycles. The molecule has 0 aliphatic heterocycles. The minimum Gasteiger partial charge on any atom is -0.339 e. The summed E-state index contributed by atoms with van der Waals surface area (Å²) in [4.78, 5) is 12.2. The lowest BCUT2D eigenvalue weighted by Gasteiger charge is -2.07. The second kappa shape index (κ2) is 7.27. The number of aromatic nitrogens is 2. The van der Waals surface area contributed by atoms with Crippen LogP contribution in [0.1, 0.15) is 16.1 Å². The van der Waals surface area contributed by atoms with Crippen LogP contribution in [0.5, 0.6) is 0 Å². The number of carbonyl (C=O) groups excluding carboxylic acids is 1. The average Bonchev–Trinajstić information content (AvgIpc) is 2.59. The quantitative estimate of drug-likeness (QED) is 0.718. The molecule has 126 valence electrons. The molecule has 0 bridgehead atoms. The number of benzene rings is 2. The lowest BCUT2D eigenvalue weighted by atomic mass is 10.2. The number of amides is 1. The van der Waals surface area contributed by atoms with Gasteiger partial charge in [-0.1, -0.05) is 23.7 Å². The molecule has 0 fully saturated rings. The molecule has 5 nitrogen and oxygen atoms in total. The molecule has 25 heavy (non-hydrogen) atoms. The standard InChI is InChI=1S/C18H14ClFN4O/c1-11-5-6-14(10-15(11)19)22-18(25)16-7-8-17(24-23-16)21-13-4-2-3-12(20)9-13/h2-10H,1H3,(H,21,24)(H,22,25). The van der Waals surface area contributed by atoms with Crippen molar-refractivity contribution in [2.24, 2.45) is 0 Å². The van der Waals surface area contributed by atoms with Crippen LogP contribution in [0.2, 0.25) is 5.02 Å². The van der Waals surface area contributed by atoms with E-state index in [0.29, 0.717) is 22.2 Å². The summed E-state index contributed by atoms with van der Waals surface area (Å²) in [5.41, 5.74) is 2.19. The summed E-state index contributed by atoms with van der Waals surface area (Å²) in [5.74, 6) is -0.351. The zero-order valence-electron chi connectivity index (χ0n) is 13.3. The van der Waals surface area contributed by atoms with Crippen LogP contribution in [0.25, 0.3) is 0 Å². The Kier molecular flexibility index (Phi) is 4.90. The van der Waals surface area contributed by atoms with Crippen molar-refractivity contribution >= 4 is 34.7 Å². The van der Waals surface area contributed by atoms with Crippen LogP contribution >= 0.6 is 11.6 Å². The minimum atomic E-state index is -0.398. The monoisotopic (exact) mass is 356 g/mol. The molecule has 7 heteroatoms. The van der Waals surface area contributed by atoms with Gasteiger partial charge in [0.25, 0.3) is 5.91 Å². The molecule has 1 aromatic heterocycles. The van der Waals surface area contributed by atoms with Crippen LogP contribution in [0.4, 0.5) is 21.6 Å². The Morgan fingerprint density at radius 3 is 2.56 bits per heavy atom. The third-order valence-electron chi connectivity index (χ3n) is 3.42. The SMILES string of the molecule is Cc1ccc(NC(=O)c2ccc(Nc3cccc(F)c3)nn2)cc1Cl. The number of nitrogens with zero attached hydrogens (tertiary/aromatic N) is 2. The van der Waals surface area contributed by atoms with Gasteiger partial charge in [0.15, 0.2) is 11.5 Å². The first-order valence-corrected chi connectivity index (χ1v) is 7.83. The van der Waals surface area contributed by atoms with E-state index in [1.54, 1.807) is 30.3 Å². The molecule has 0 saturated heterocycles. The molecular formula is C18H14ClFN4O. The minimum absolute atomic E-state index is 0.154. The average molecular weight is 357 g/mol. The fourth-order valence-electron chi connectivity index (χ4n) is 2.10. The van der Waals surface area contributed by atoms with Crippen LogP contribution in [0.3, 0.4) is 0 Å². The number of nitrogens with one attached hydrogen (secondary N) is 2. The van der Waals surface area contributed by atoms with E-state index in [0.717, 1.165) is 5.56 Å². The first-order chi connectivity index (χ1) is 12.0. The molecule has 0 saturated carbocycles.